The summed E-state index contributed by atoms with van der Waals surface area (Å²) in [6.07, 6.45) is 0. The number of hydrogen-bond donors (Lipinski definition) is 0. The van der Waals surface area contributed by atoms with E-state index < -0.39 is 123 Å². The average Bonchev–Trinajstić information content (AvgIpc) is 3.12. The highest BCUT2D eigenvalue weighted by molar-refractivity contribution is 5.95. The number of carbonyl (C=O) groups excluding carboxylic acids is 10. The van der Waals surface area contributed by atoms with Crippen molar-refractivity contribution in [3.8, 4) is 91.6 Å². The van der Waals surface area contributed by atoms with E-state index in [9.17, 15) is 47.9 Å². The second-order valence-corrected chi connectivity index (χ2v) is 13.2. The molecule has 22 nitrogen and oxygen atoms in total. The molecule has 0 unspecified atom stereocenters. The third-order valence-electron chi connectivity index (χ3n) is 7.30. The largest absolute Gasteiger partial charge is 0.449 e. The normalized spacial score (nSPS) is 10.3. The van der Waals surface area contributed by atoms with E-state index in [1.165, 1.54) is 6.07 Å². The average molecular weight is 919 g/mol. The molecule has 0 heterocycles. The molecule has 4 rings (SSSR count). The Morgan fingerprint density at radius 2 is 0.530 bits per heavy atom. The molecule has 0 saturated carbocycles. The molecule has 0 atom stereocenters. The molecule has 4 aromatic carbocycles. The van der Waals surface area contributed by atoms with Crippen LogP contribution < -0.4 is 56.8 Å². The van der Waals surface area contributed by atoms with Gasteiger partial charge in [-0.1, -0.05) is 0 Å². The predicted octanol–water partition coefficient (Wildman–Crippen LogP) is 6.19. The van der Waals surface area contributed by atoms with Crippen molar-refractivity contribution in [2.75, 3.05) is 0 Å². The number of carbonyl (C=O) groups is 10. The molecule has 0 bridgehead atoms. The van der Waals surface area contributed by atoms with Crippen molar-refractivity contribution in [1.29, 1.82) is 0 Å². The highest BCUT2D eigenvalue weighted by Gasteiger charge is 2.34. The van der Waals surface area contributed by atoms with Crippen molar-refractivity contribution < 1.29 is 105 Å². The standard InChI is InChI=1S/C44H38O22/c1-19(45)55-29-11-30(56-20(2)46)13-31(12-29)65-42-37(62-26(8)52)16-33(58-22(4)48)17-38(42)66-43-39(63-27(9)53)18-36(61-25(7)51)41(44(43)64-28(10)54)40-34(59-23(5)49)14-32(57-21(3)47)15-35(40)60-24(6)50/h11-18H,1-10H3. The molecule has 0 saturated heterocycles. The monoisotopic (exact) mass is 918 g/mol. The van der Waals surface area contributed by atoms with Crippen LogP contribution in [-0.4, -0.2) is 59.7 Å². The van der Waals surface area contributed by atoms with Crippen LogP contribution in [0.25, 0.3) is 11.1 Å². The number of ether oxygens (including phenoxy) is 12. The second-order valence-electron chi connectivity index (χ2n) is 13.2. The first-order chi connectivity index (χ1) is 30.9. The van der Waals surface area contributed by atoms with Gasteiger partial charge in [-0.3, -0.25) is 47.9 Å². The Morgan fingerprint density at radius 1 is 0.242 bits per heavy atom. The van der Waals surface area contributed by atoms with E-state index in [0.717, 1.165) is 112 Å². The Labute approximate surface area is 373 Å². The molecule has 0 spiro atoms. The van der Waals surface area contributed by atoms with E-state index in [4.69, 9.17) is 56.8 Å². The van der Waals surface area contributed by atoms with Crippen molar-refractivity contribution in [2.45, 2.75) is 69.2 Å². The van der Waals surface area contributed by atoms with Crippen molar-refractivity contribution in [3.63, 3.8) is 0 Å². The number of hydrogen-bond acceptors (Lipinski definition) is 22. The minimum atomic E-state index is -1.14. The molecule has 0 aliphatic carbocycles. The molecule has 22 heteroatoms. The van der Waals surface area contributed by atoms with Gasteiger partial charge in [-0.2, -0.15) is 0 Å². The summed E-state index contributed by atoms with van der Waals surface area (Å²) in [7, 11) is 0. The highest BCUT2D eigenvalue weighted by atomic mass is 16.6. The third kappa shape index (κ3) is 14.1. The SMILES string of the molecule is CC(=O)Oc1cc(OC(C)=O)cc(Oc2c(OC(C)=O)cc(OC(C)=O)cc2Oc2c(OC(C)=O)cc(OC(C)=O)c(-c3c(OC(C)=O)cc(OC(C)=O)cc3OC(C)=O)c2OC(C)=O)c1. The van der Waals surface area contributed by atoms with Crippen molar-refractivity contribution in [3.05, 3.63) is 48.5 Å². The molecule has 0 aromatic heterocycles. The van der Waals surface area contributed by atoms with Crippen LogP contribution in [0.2, 0.25) is 0 Å². The van der Waals surface area contributed by atoms with Gasteiger partial charge in [0.1, 0.15) is 46.0 Å². The van der Waals surface area contributed by atoms with E-state index in [1.54, 1.807) is 0 Å². The molecule has 0 aliphatic heterocycles. The lowest BCUT2D eigenvalue weighted by Crippen LogP contribution is -2.13. The summed E-state index contributed by atoms with van der Waals surface area (Å²) in [6.45, 7) is 9.99. The highest BCUT2D eigenvalue weighted by Crippen LogP contribution is 2.58. The summed E-state index contributed by atoms with van der Waals surface area (Å²) in [4.78, 5) is 125. The van der Waals surface area contributed by atoms with Gasteiger partial charge >= 0.3 is 59.7 Å². The number of esters is 10. The van der Waals surface area contributed by atoms with E-state index >= 15 is 0 Å². The van der Waals surface area contributed by atoms with E-state index in [1.807, 2.05) is 0 Å². The minimum Gasteiger partial charge on any atom is -0.449 e. The Hall–Kier alpha value is -8.82. The number of benzene rings is 4. The Kier molecular flexibility index (Phi) is 16.2. The van der Waals surface area contributed by atoms with E-state index in [-0.39, 0.29) is 28.7 Å². The molecule has 4 aromatic rings. The quantitative estimate of drug-likeness (QED) is 0.0948. The van der Waals surface area contributed by atoms with Gasteiger partial charge in [0.2, 0.25) is 11.5 Å². The summed E-state index contributed by atoms with van der Waals surface area (Å²) >= 11 is 0. The Bertz CT molecular complexity index is 2620. The van der Waals surface area contributed by atoms with Gasteiger partial charge < -0.3 is 56.8 Å². The first kappa shape index (κ1) is 49.8. The van der Waals surface area contributed by atoms with Crippen LogP contribution in [0, 0.1) is 0 Å². The van der Waals surface area contributed by atoms with Crippen molar-refractivity contribution in [2.24, 2.45) is 0 Å². The Morgan fingerprint density at radius 3 is 0.909 bits per heavy atom. The smallest absolute Gasteiger partial charge is 0.308 e. The van der Waals surface area contributed by atoms with Gasteiger partial charge in [-0.15, -0.1) is 0 Å². The van der Waals surface area contributed by atoms with Gasteiger partial charge in [-0.05, 0) is 0 Å². The lowest BCUT2D eigenvalue weighted by Gasteiger charge is -2.24. The second kappa shape index (κ2) is 21.5. The fourth-order valence-electron chi connectivity index (χ4n) is 5.61. The minimum absolute atomic E-state index is 0.212. The van der Waals surface area contributed by atoms with Crippen LogP contribution in [0.4, 0.5) is 0 Å². The van der Waals surface area contributed by atoms with E-state index in [2.05, 4.69) is 0 Å². The lowest BCUT2D eigenvalue weighted by molar-refractivity contribution is -0.134. The topological polar surface area (TPSA) is 281 Å². The lowest BCUT2D eigenvalue weighted by atomic mass is 9.99. The molecule has 0 amide bonds. The van der Waals surface area contributed by atoms with Gasteiger partial charge in [0, 0.05) is 118 Å². The summed E-state index contributed by atoms with van der Waals surface area (Å²) in [5.41, 5.74) is -1.10. The molecule has 0 fully saturated rings. The molecular formula is C44H38O22. The fraction of sp³-hybridized carbons (Fsp3) is 0.227. The molecule has 0 aliphatic rings. The maximum Gasteiger partial charge on any atom is 0.308 e. The summed E-state index contributed by atoms with van der Waals surface area (Å²) in [6, 6.07) is 8.33. The molecule has 346 valence electrons. The van der Waals surface area contributed by atoms with Crippen molar-refractivity contribution >= 4 is 59.7 Å². The fourth-order valence-corrected chi connectivity index (χ4v) is 5.61. The van der Waals surface area contributed by atoms with Gasteiger partial charge in [0.05, 0.1) is 11.1 Å². The summed E-state index contributed by atoms with van der Waals surface area (Å²) in [5, 5.41) is 0. The zero-order chi connectivity index (χ0) is 49.2. The summed E-state index contributed by atoms with van der Waals surface area (Å²) in [5.74, 6) is -16.9. The Balaban J connectivity index is 2.28. The first-order valence-corrected chi connectivity index (χ1v) is 18.8. The predicted molar refractivity (Wildman–Crippen MR) is 218 cm³/mol. The van der Waals surface area contributed by atoms with Crippen LogP contribution in [0.5, 0.6) is 80.5 Å². The third-order valence-corrected chi connectivity index (χ3v) is 7.30. The van der Waals surface area contributed by atoms with Gasteiger partial charge in [0.15, 0.2) is 23.0 Å². The molecule has 66 heavy (non-hydrogen) atoms. The molecular weight excluding hydrogens is 880 g/mol. The van der Waals surface area contributed by atoms with Crippen LogP contribution in [-0.2, 0) is 47.9 Å². The van der Waals surface area contributed by atoms with Crippen molar-refractivity contribution in [1.82, 2.24) is 0 Å². The molecule has 0 N–H and O–H groups in total. The van der Waals surface area contributed by atoms with Crippen LogP contribution >= 0.6 is 0 Å². The summed E-state index contributed by atoms with van der Waals surface area (Å²) < 4.78 is 66.4. The van der Waals surface area contributed by atoms with E-state index in [0.29, 0.717) is 0 Å². The van der Waals surface area contributed by atoms with Crippen LogP contribution in [0.15, 0.2) is 48.5 Å². The van der Waals surface area contributed by atoms with Crippen LogP contribution in [0.1, 0.15) is 69.2 Å². The molecule has 0 radical (unpaired) electrons. The maximum atomic E-state index is 13.1. The number of rotatable bonds is 15. The zero-order valence-electron chi connectivity index (χ0n) is 36.6. The zero-order valence-corrected chi connectivity index (χ0v) is 36.6. The van der Waals surface area contributed by atoms with Gasteiger partial charge in [-0.25, -0.2) is 0 Å². The van der Waals surface area contributed by atoms with Crippen LogP contribution in [0.3, 0.4) is 0 Å². The van der Waals surface area contributed by atoms with Gasteiger partial charge in [0.25, 0.3) is 0 Å². The first-order valence-electron chi connectivity index (χ1n) is 18.8. The maximum absolute atomic E-state index is 13.1.